The number of benzene rings is 1. The van der Waals surface area contributed by atoms with Gasteiger partial charge in [0.15, 0.2) is 0 Å². The summed E-state index contributed by atoms with van der Waals surface area (Å²) in [5, 5.41) is 18.1. The molecule has 1 saturated carbocycles. The van der Waals surface area contributed by atoms with Crippen LogP contribution in [0.15, 0.2) is 42.6 Å². The van der Waals surface area contributed by atoms with Crippen LogP contribution in [0, 0.1) is 6.92 Å². The van der Waals surface area contributed by atoms with E-state index in [1.807, 2.05) is 35.9 Å². The fourth-order valence-corrected chi connectivity index (χ4v) is 2.60. The highest BCUT2D eigenvalue weighted by atomic mass is 16.3. The average Bonchev–Trinajstić information content (AvgIpc) is 3.21. The van der Waals surface area contributed by atoms with Crippen molar-refractivity contribution in [2.24, 2.45) is 0 Å². The average molecular weight is 271 g/mol. The number of aliphatic hydroxyl groups excluding tert-OH is 1. The Labute approximate surface area is 119 Å². The molecule has 20 heavy (non-hydrogen) atoms. The molecule has 0 bridgehead atoms. The van der Waals surface area contributed by atoms with Crippen LogP contribution < -0.4 is 5.32 Å². The van der Waals surface area contributed by atoms with E-state index in [1.54, 1.807) is 6.20 Å². The quantitative estimate of drug-likeness (QED) is 0.843. The minimum Gasteiger partial charge on any atom is -0.394 e. The van der Waals surface area contributed by atoms with Crippen molar-refractivity contribution in [2.45, 2.75) is 37.9 Å². The molecule has 1 heterocycles. The van der Waals surface area contributed by atoms with Crippen molar-refractivity contribution in [1.29, 1.82) is 0 Å². The SMILES string of the molecule is Cc1ccnn1CC(CO)(NC1CC1)c1ccccc1. The van der Waals surface area contributed by atoms with Crippen LogP contribution in [0.25, 0.3) is 0 Å². The van der Waals surface area contributed by atoms with E-state index in [9.17, 15) is 5.11 Å². The Hall–Kier alpha value is -1.65. The van der Waals surface area contributed by atoms with E-state index in [-0.39, 0.29) is 6.61 Å². The molecule has 0 amide bonds. The molecule has 1 aliphatic rings. The van der Waals surface area contributed by atoms with E-state index < -0.39 is 5.54 Å². The van der Waals surface area contributed by atoms with E-state index in [0.29, 0.717) is 12.6 Å². The van der Waals surface area contributed by atoms with Crippen molar-refractivity contribution in [1.82, 2.24) is 15.1 Å². The Morgan fingerprint density at radius 3 is 2.60 bits per heavy atom. The first-order valence-corrected chi connectivity index (χ1v) is 7.16. The summed E-state index contributed by atoms with van der Waals surface area (Å²) in [6, 6.07) is 12.7. The molecule has 4 nitrogen and oxygen atoms in total. The summed E-state index contributed by atoms with van der Waals surface area (Å²) in [4.78, 5) is 0. The van der Waals surface area contributed by atoms with Gasteiger partial charge in [0.05, 0.1) is 18.7 Å². The second-order valence-corrected chi connectivity index (χ2v) is 5.66. The van der Waals surface area contributed by atoms with Gasteiger partial charge in [-0.15, -0.1) is 0 Å². The molecule has 1 fully saturated rings. The first-order chi connectivity index (χ1) is 9.73. The Bertz CT molecular complexity index is 562. The van der Waals surface area contributed by atoms with Crippen LogP contribution in [0.2, 0.25) is 0 Å². The maximum absolute atomic E-state index is 10.1. The minimum atomic E-state index is -0.459. The summed E-state index contributed by atoms with van der Waals surface area (Å²) in [7, 11) is 0. The fourth-order valence-electron chi connectivity index (χ4n) is 2.60. The van der Waals surface area contributed by atoms with E-state index in [4.69, 9.17) is 0 Å². The predicted molar refractivity (Wildman–Crippen MR) is 78.3 cm³/mol. The van der Waals surface area contributed by atoms with Crippen LogP contribution in [0.5, 0.6) is 0 Å². The smallest absolute Gasteiger partial charge is 0.0869 e. The standard InChI is InChI=1S/C16H21N3O/c1-13-9-10-17-19(13)11-16(12-20,18-15-7-8-15)14-5-3-2-4-6-14/h2-6,9-10,15,18,20H,7-8,11-12H2,1H3. The largest absolute Gasteiger partial charge is 0.394 e. The van der Waals surface area contributed by atoms with E-state index in [0.717, 1.165) is 11.3 Å². The topological polar surface area (TPSA) is 50.1 Å². The van der Waals surface area contributed by atoms with Crippen LogP contribution in [-0.2, 0) is 12.1 Å². The number of aromatic nitrogens is 2. The molecule has 3 rings (SSSR count). The Morgan fingerprint density at radius 1 is 1.30 bits per heavy atom. The van der Waals surface area contributed by atoms with Gasteiger partial charge in [-0.25, -0.2) is 0 Å². The summed E-state index contributed by atoms with van der Waals surface area (Å²) < 4.78 is 1.96. The van der Waals surface area contributed by atoms with Crippen molar-refractivity contribution < 1.29 is 5.11 Å². The highest BCUT2D eigenvalue weighted by Crippen LogP contribution is 2.30. The summed E-state index contributed by atoms with van der Waals surface area (Å²) in [6.45, 7) is 2.74. The summed E-state index contributed by atoms with van der Waals surface area (Å²) in [5.74, 6) is 0. The number of hydrogen-bond donors (Lipinski definition) is 2. The second-order valence-electron chi connectivity index (χ2n) is 5.66. The van der Waals surface area contributed by atoms with Gasteiger partial charge in [-0.1, -0.05) is 30.3 Å². The monoisotopic (exact) mass is 271 g/mol. The molecule has 0 saturated heterocycles. The molecule has 1 aliphatic carbocycles. The van der Waals surface area contributed by atoms with Crippen LogP contribution >= 0.6 is 0 Å². The van der Waals surface area contributed by atoms with Crippen molar-refractivity contribution in [3.8, 4) is 0 Å². The molecule has 2 aromatic rings. The van der Waals surface area contributed by atoms with Crippen molar-refractivity contribution in [3.05, 3.63) is 53.9 Å². The summed E-state index contributed by atoms with van der Waals surface area (Å²) in [5.41, 5.74) is 1.76. The number of aryl methyl sites for hydroxylation is 1. The first-order valence-electron chi connectivity index (χ1n) is 7.16. The zero-order chi connectivity index (χ0) is 14.0. The van der Waals surface area contributed by atoms with Gasteiger partial charge < -0.3 is 10.4 Å². The zero-order valence-electron chi connectivity index (χ0n) is 11.8. The van der Waals surface area contributed by atoms with E-state index >= 15 is 0 Å². The van der Waals surface area contributed by atoms with E-state index in [2.05, 4.69) is 22.5 Å². The van der Waals surface area contributed by atoms with Gasteiger partial charge in [0.25, 0.3) is 0 Å². The zero-order valence-corrected chi connectivity index (χ0v) is 11.8. The second kappa shape index (κ2) is 5.38. The number of hydrogen-bond acceptors (Lipinski definition) is 3. The number of nitrogens with one attached hydrogen (secondary N) is 1. The molecule has 0 spiro atoms. The first kappa shape index (κ1) is 13.3. The molecule has 4 heteroatoms. The van der Waals surface area contributed by atoms with Gasteiger partial charge in [-0.2, -0.15) is 5.10 Å². The van der Waals surface area contributed by atoms with Crippen LogP contribution in [0.3, 0.4) is 0 Å². The lowest BCUT2D eigenvalue weighted by Crippen LogP contribution is -2.50. The molecule has 106 valence electrons. The number of aliphatic hydroxyl groups is 1. The molecule has 0 aliphatic heterocycles. The highest BCUT2D eigenvalue weighted by Gasteiger charge is 2.38. The lowest BCUT2D eigenvalue weighted by molar-refractivity contribution is 0.135. The number of rotatable bonds is 6. The summed E-state index contributed by atoms with van der Waals surface area (Å²) in [6.07, 6.45) is 4.18. The third-order valence-electron chi connectivity index (χ3n) is 4.00. The Kier molecular flexibility index (Phi) is 3.59. The predicted octanol–water partition coefficient (Wildman–Crippen LogP) is 1.83. The van der Waals surface area contributed by atoms with Crippen molar-refractivity contribution in [3.63, 3.8) is 0 Å². The fraction of sp³-hybridized carbons (Fsp3) is 0.438. The molecule has 1 aromatic heterocycles. The lowest BCUT2D eigenvalue weighted by Gasteiger charge is -2.34. The van der Waals surface area contributed by atoms with Crippen LogP contribution in [0.4, 0.5) is 0 Å². The van der Waals surface area contributed by atoms with Crippen LogP contribution in [0.1, 0.15) is 24.1 Å². The summed E-state index contributed by atoms with van der Waals surface area (Å²) >= 11 is 0. The Balaban J connectivity index is 1.95. The molecular formula is C16H21N3O. The van der Waals surface area contributed by atoms with Gasteiger partial charge in [-0.3, -0.25) is 4.68 Å². The van der Waals surface area contributed by atoms with E-state index in [1.165, 1.54) is 12.8 Å². The molecular weight excluding hydrogens is 250 g/mol. The molecule has 1 aromatic carbocycles. The van der Waals surface area contributed by atoms with Gasteiger partial charge >= 0.3 is 0 Å². The molecule has 2 N–H and O–H groups in total. The van der Waals surface area contributed by atoms with Crippen molar-refractivity contribution >= 4 is 0 Å². The third kappa shape index (κ3) is 2.62. The minimum absolute atomic E-state index is 0.0623. The van der Waals surface area contributed by atoms with Gasteiger partial charge in [0, 0.05) is 17.9 Å². The molecule has 0 radical (unpaired) electrons. The Morgan fingerprint density at radius 2 is 2.05 bits per heavy atom. The normalized spacial score (nSPS) is 17.9. The van der Waals surface area contributed by atoms with Gasteiger partial charge in [0.2, 0.25) is 0 Å². The maximum atomic E-state index is 10.1. The molecule has 1 unspecified atom stereocenters. The third-order valence-corrected chi connectivity index (χ3v) is 4.00. The maximum Gasteiger partial charge on any atom is 0.0869 e. The highest BCUT2D eigenvalue weighted by molar-refractivity contribution is 5.25. The number of nitrogens with zero attached hydrogens (tertiary/aromatic N) is 2. The van der Waals surface area contributed by atoms with Crippen molar-refractivity contribution in [2.75, 3.05) is 6.61 Å². The lowest BCUT2D eigenvalue weighted by atomic mass is 9.90. The molecule has 1 atom stereocenters. The van der Waals surface area contributed by atoms with Gasteiger partial charge in [0.1, 0.15) is 0 Å². The van der Waals surface area contributed by atoms with Crippen LogP contribution in [-0.4, -0.2) is 27.5 Å². The van der Waals surface area contributed by atoms with Gasteiger partial charge in [-0.05, 0) is 31.4 Å².